The zero-order valence-corrected chi connectivity index (χ0v) is 12.1. The monoisotopic (exact) mass is 292 g/mol. The number of benzene rings is 1. The molecule has 1 aliphatic rings. The average Bonchev–Trinajstić information content (AvgIpc) is 2.36. The average molecular weight is 292 g/mol. The van der Waals surface area contributed by atoms with Crippen molar-refractivity contribution in [3.63, 3.8) is 0 Å². The summed E-state index contributed by atoms with van der Waals surface area (Å²) in [7, 11) is 0. The maximum Gasteiger partial charge on any atom is 0.338 e. The van der Waals surface area contributed by atoms with Crippen molar-refractivity contribution < 1.29 is 18.7 Å². The summed E-state index contributed by atoms with van der Waals surface area (Å²) < 4.78 is 18.6. The number of carbonyl (C=O) groups excluding carboxylic acids is 2. The molecule has 1 aliphatic heterocycles. The van der Waals surface area contributed by atoms with Gasteiger partial charge in [0.15, 0.2) is 0 Å². The van der Waals surface area contributed by atoms with E-state index in [1.807, 2.05) is 0 Å². The van der Waals surface area contributed by atoms with Gasteiger partial charge in [0.2, 0.25) is 0 Å². The SMILES string of the molecule is CC1=C(C(=O)OC(C)C)[C@H](c2cccc(F)c2)NC(=O)N1. The zero-order chi connectivity index (χ0) is 15.6. The van der Waals surface area contributed by atoms with Crippen LogP contribution in [0.5, 0.6) is 0 Å². The topological polar surface area (TPSA) is 67.4 Å². The predicted octanol–water partition coefficient (Wildman–Crippen LogP) is 2.41. The molecule has 112 valence electrons. The highest BCUT2D eigenvalue weighted by atomic mass is 19.1. The van der Waals surface area contributed by atoms with Gasteiger partial charge in [0.05, 0.1) is 17.7 Å². The highest BCUT2D eigenvalue weighted by Gasteiger charge is 2.32. The Morgan fingerprint density at radius 2 is 2.10 bits per heavy atom. The van der Waals surface area contributed by atoms with Gasteiger partial charge in [-0.05, 0) is 38.5 Å². The first-order valence-electron chi connectivity index (χ1n) is 6.63. The lowest BCUT2D eigenvalue weighted by Gasteiger charge is -2.28. The normalized spacial score (nSPS) is 18.3. The van der Waals surface area contributed by atoms with Gasteiger partial charge in [-0.3, -0.25) is 0 Å². The Labute approximate surface area is 122 Å². The van der Waals surface area contributed by atoms with Crippen LogP contribution >= 0.6 is 0 Å². The number of carbonyl (C=O) groups is 2. The molecule has 0 unspecified atom stereocenters. The van der Waals surface area contributed by atoms with Crippen molar-refractivity contribution in [1.29, 1.82) is 0 Å². The summed E-state index contributed by atoms with van der Waals surface area (Å²) in [5.41, 5.74) is 1.16. The fourth-order valence-electron chi connectivity index (χ4n) is 2.18. The molecule has 0 saturated heterocycles. The number of hydrogen-bond donors (Lipinski definition) is 2. The Bertz CT molecular complexity index is 611. The molecule has 5 nitrogen and oxygen atoms in total. The van der Waals surface area contributed by atoms with E-state index in [4.69, 9.17) is 4.74 Å². The minimum absolute atomic E-state index is 0.272. The van der Waals surface area contributed by atoms with Crippen LogP contribution in [-0.4, -0.2) is 18.1 Å². The maximum atomic E-state index is 13.4. The van der Waals surface area contributed by atoms with Crippen LogP contribution < -0.4 is 10.6 Å². The fourth-order valence-corrected chi connectivity index (χ4v) is 2.18. The molecule has 2 amide bonds. The molecule has 1 aromatic carbocycles. The number of hydrogen-bond acceptors (Lipinski definition) is 3. The van der Waals surface area contributed by atoms with E-state index in [2.05, 4.69) is 10.6 Å². The summed E-state index contributed by atoms with van der Waals surface area (Å²) in [6, 6.07) is 4.58. The molecule has 1 atom stereocenters. The largest absolute Gasteiger partial charge is 0.459 e. The molecular weight excluding hydrogens is 275 g/mol. The van der Waals surface area contributed by atoms with Gasteiger partial charge in [-0.2, -0.15) is 0 Å². The zero-order valence-electron chi connectivity index (χ0n) is 12.1. The molecule has 0 radical (unpaired) electrons. The van der Waals surface area contributed by atoms with E-state index in [0.717, 1.165) is 0 Å². The minimum atomic E-state index is -0.735. The molecule has 0 spiro atoms. The third kappa shape index (κ3) is 3.39. The smallest absolute Gasteiger partial charge is 0.338 e. The molecule has 0 fully saturated rings. The van der Waals surface area contributed by atoms with Gasteiger partial charge in [0.1, 0.15) is 5.82 Å². The standard InChI is InChI=1S/C15H17FN2O3/c1-8(2)21-14(19)12-9(3)17-15(20)18-13(12)10-5-4-6-11(16)7-10/h4-8,13H,1-3H3,(H2,17,18,20)/t13-/m0/s1. The van der Waals surface area contributed by atoms with Crippen molar-refractivity contribution in [2.45, 2.75) is 32.9 Å². The third-order valence-electron chi connectivity index (χ3n) is 3.01. The molecule has 2 rings (SSSR count). The summed E-state index contributed by atoms with van der Waals surface area (Å²) in [5, 5.41) is 5.15. The van der Waals surface area contributed by atoms with E-state index >= 15 is 0 Å². The Kier molecular flexibility index (Phi) is 4.26. The van der Waals surface area contributed by atoms with E-state index < -0.39 is 23.9 Å². The minimum Gasteiger partial charge on any atom is -0.459 e. The Morgan fingerprint density at radius 3 is 2.71 bits per heavy atom. The van der Waals surface area contributed by atoms with Crippen LogP contribution in [0.15, 0.2) is 35.5 Å². The van der Waals surface area contributed by atoms with E-state index in [0.29, 0.717) is 11.3 Å². The van der Waals surface area contributed by atoms with Crippen LogP contribution in [0.4, 0.5) is 9.18 Å². The molecule has 0 aliphatic carbocycles. The summed E-state index contributed by atoms with van der Waals surface area (Å²) >= 11 is 0. The van der Waals surface area contributed by atoms with Gasteiger partial charge < -0.3 is 15.4 Å². The third-order valence-corrected chi connectivity index (χ3v) is 3.01. The van der Waals surface area contributed by atoms with Crippen LogP contribution in [0, 0.1) is 5.82 Å². The molecule has 6 heteroatoms. The van der Waals surface area contributed by atoms with Gasteiger partial charge in [0, 0.05) is 5.70 Å². The van der Waals surface area contributed by atoms with Crippen molar-refractivity contribution in [2.75, 3.05) is 0 Å². The van der Waals surface area contributed by atoms with Crippen molar-refractivity contribution in [3.8, 4) is 0 Å². The van der Waals surface area contributed by atoms with Gasteiger partial charge in [0.25, 0.3) is 0 Å². The molecule has 2 N–H and O–H groups in total. The lowest BCUT2D eigenvalue weighted by Crippen LogP contribution is -2.45. The van der Waals surface area contributed by atoms with E-state index in [1.165, 1.54) is 18.2 Å². The fraction of sp³-hybridized carbons (Fsp3) is 0.333. The second-order valence-electron chi connectivity index (χ2n) is 5.08. The Hall–Kier alpha value is -2.37. The lowest BCUT2D eigenvalue weighted by molar-refractivity contribution is -0.143. The molecule has 0 bridgehead atoms. The summed E-state index contributed by atoms with van der Waals surface area (Å²) in [6.45, 7) is 5.08. The Morgan fingerprint density at radius 1 is 1.38 bits per heavy atom. The van der Waals surface area contributed by atoms with Crippen LogP contribution in [0.1, 0.15) is 32.4 Å². The second-order valence-corrected chi connectivity index (χ2v) is 5.08. The number of rotatable bonds is 3. The quantitative estimate of drug-likeness (QED) is 0.841. The highest BCUT2D eigenvalue weighted by molar-refractivity contribution is 5.95. The van der Waals surface area contributed by atoms with Crippen molar-refractivity contribution in [1.82, 2.24) is 10.6 Å². The first-order chi connectivity index (χ1) is 9.88. The summed E-state index contributed by atoms with van der Waals surface area (Å²) in [5.74, 6) is -0.973. The van der Waals surface area contributed by atoms with Crippen molar-refractivity contribution in [2.24, 2.45) is 0 Å². The van der Waals surface area contributed by atoms with Gasteiger partial charge in [-0.1, -0.05) is 12.1 Å². The predicted molar refractivity (Wildman–Crippen MR) is 74.7 cm³/mol. The van der Waals surface area contributed by atoms with Crippen LogP contribution in [0.25, 0.3) is 0 Å². The number of ether oxygens (including phenoxy) is 1. The number of nitrogens with one attached hydrogen (secondary N) is 2. The molecule has 0 saturated carbocycles. The first-order valence-corrected chi connectivity index (χ1v) is 6.63. The summed E-state index contributed by atoms with van der Waals surface area (Å²) in [6.07, 6.45) is -0.288. The second kappa shape index (κ2) is 5.95. The van der Waals surface area contributed by atoms with Crippen LogP contribution in [0.3, 0.4) is 0 Å². The van der Waals surface area contributed by atoms with E-state index in [1.54, 1.807) is 26.8 Å². The van der Waals surface area contributed by atoms with Crippen molar-refractivity contribution in [3.05, 3.63) is 46.9 Å². The molecule has 21 heavy (non-hydrogen) atoms. The maximum absolute atomic E-state index is 13.4. The molecule has 0 aromatic heterocycles. The van der Waals surface area contributed by atoms with Gasteiger partial charge in [-0.25, -0.2) is 14.0 Å². The van der Waals surface area contributed by atoms with E-state index in [-0.39, 0.29) is 11.7 Å². The van der Waals surface area contributed by atoms with Gasteiger partial charge >= 0.3 is 12.0 Å². The number of allylic oxidation sites excluding steroid dienone is 1. The molecular formula is C15H17FN2O3. The number of halogens is 1. The lowest BCUT2D eigenvalue weighted by atomic mass is 9.95. The molecule has 1 heterocycles. The number of esters is 1. The van der Waals surface area contributed by atoms with Crippen LogP contribution in [0.2, 0.25) is 0 Å². The van der Waals surface area contributed by atoms with Crippen molar-refractivity contribution >= 4 is 12.0 Å². The highest BCUT2D eigenvalue weighted by Crippen LogP contribution is 2.28. The first kappa shape index (κ1) is 15.0. The number of urea groups is 1. The van der Waals surface area contributed by atoms with Gasteiger partial charge in [-0.15, -0.1) is 0 Å². The van der Waals surface area contributed by atoms with E-state index in [9.17, 15) is 14.0 Å². The molecule has 1 aromatic rings. The summed E-state index contributed by atoms with van der Waals surface area (Å²) in [4.78, 5) is 23.9. The van der Waals surface area contributed by atoms with Crippen LogP contribution in [-0.2, 0) is 9.53 Å². The Balaban J connectivity index is 2.43. The number of amides is 2.